The Bertz CT molecular complexity index is 1190. The van der Waals surface area contributed by atoms with Crippen LogP contribution in [-0.2, 0) is 9.84 Å². The molecule has 0 atom stereocenters. The Kier molecular flexibility index (Phi) is 8.09. The summed E-state index contributed by atoms with van der Waals surface area (Å²) in [5.41, 5.74) is 2.70. The van der Waals surface area contributed by atoms with Crippen LogP contribution in [0, 0.1) is 0 Å². The van der Waals surface area contributed by atoms with Crippen molar-refractivity contribution in [3.8, 4) is 0 Å². The van der Waals surface area contributed by atoms with E-state index < -0.39 is 9.84 Å². The number of thiocarbonyl (C=S) groups is 2. The predicted octanol–water partition coefficient (Wildman–Crippen LogP) is 3.49. The zero-order valence-corrected chi connectivity index (χ0v) is 22.3. The van der Waals surface area contributed by atoms with Gasteiger partial charge in [0.15, 0.2) is 0 Å². The van der Waals surface area contributed by atoms with Gasteiger partial charge in [0.1, 0.15) is 0 Å². The number of nitrogens with zero attached hydrogens (tertiary/aromatic N) is 6. The van der Waals surface area contributed by atoms with Crippen molar-refractivity contribution >= 4 is 67.3 Å². The van der Waals surface area contributed by atoms with Gasteiger partial charge in [-0.1, -0.05) is 0 Å². The van der Waals surface area contributed by atoms with Gasteiger partial charge in [-0.05, 0) is 74.9 Å². The largest absolute Gasteiger partial charge is 0.367 e. The van der Waals surface area contributed by atoms with Gasteiger partial charge in [0.2, 0.25) is 9.84 Å². The third-order valence-corrected chi connectivity index (χ3v) is 8.47. The van der Waals surface area contributed by atoms with Crippen LogP contribution in [0.15, 0.2) is 56.2 Å². The molecule has 2 aliphatic rings. The van der Waals surface area contributed by atoms with Gasteiger partial charge in [-0.2, -0.15) is 9.98 Å². The number of piperazine rings is 2. The molecule has 0 aliphatic carbocycles. The molecule has 2 saturated heterocycles. The van der Waals surface area contributed by atoms with Crippen molar-refractivity contribution in [3.05, 3.63) is 36.4 Å². The van der Waals surface area contributed by atoms with Crippen molar-refractivity contribution < 1.29 is 8.42 Å². The summed E-state index contributed by atoms with van der Waals surface area (Å²) in [4.78, 5) is 17.6. The average molecular weight is 529 g/mol. The lowest BCUT2D eigenvalue weighted by molar-refractivity contribution is 0.313. The lowest BCUT2D eigenvalue weighted by Gasteiger charge is -2.34. The number of anilines is 2. The number of aliphatic imine (C=N–C) groups is 2. The second-order valence-electron chi connectivity index (χ2n) is 8.79. The lowest BCUT2D eigenvalue weighted by atomic mass is 10.2. The fourth-order valence-corrected chi connectivity index (χ4v) is 5.88. The monoisotopic (exact) mass is 528 g/mol. The Morgan fingerprint density at radius 3 is 1.40 bits per heavy atom. The molecule has 2 fully saturated rings. The van der Waals surface area contributed by atoms with Crippen LogP contribution in [0.2, 0.25) is 0 Å². The quantitative estimate of drug-likeness (QED) is 0.417. The molecule has 2 aromatic carbocycles. The molecule has 2 heterocycles. The van der Waals surface area contributed by atoms with E-state index in [4.69, 9.17) is 24.4 Å². The van der Waals surface area contributed by atoms with Crippen molar-refractivity contribution in [2.45, 2.75) is 9.79 Å². The van der Waals surface area contributed by atoms with E-state index in [9.17, 15) is 8.42 Å². The first-order chi connectivity index (χ1) is 16.8. The zero-order chi connectivity index (χ0) is 25.0. The van der Waals surface area contributed by atoms with Crippen LogP contribution >= 0.6 is 24.4 Å². The molecule has 0 aromatic heterocycles. The summed E-state index contributed by atoms with van der Waals surface area (Å²) >= 11 is 9.69. The Hall–Kier alpha value is -2.49. The highest BCUT2D eigenvalue weighted by atomic mass is 32.2. The summed E-state index contributed by atoms with van der Waals surface area (Å²) in [7, 11) is 0.337. The molecule has 0 unspecified atom stereocenters. The van der Waals surface area contributed by atoms with E-state index in [2.05, 4.69) is 54.0 Å². The van der Waals surface area contributed by atoms with Gasteiger partial charge >= 0.3 is 0 Å². The minimum absolute atomic E-state index is 0.143. The standard InChI is InChI=1S/C24H28N6O2S3/c1-27-7-11-29(12-8-27)23-5-3-19(15-21(23)25-17-33)35(31,32)20-4-6-24(22(16-20)26-18-34)30-13-9-28(2)10-14-30/h3-6,15-16H,7-14H2,1-2H3. The SMILES string of the molecule is CN1CCN(c2ccc(S(=O)(=O)c3ccc(N4CCN(C)CC4)c(N=C=S)c3)cc2N=C=S)CC1. The summed E-state index contributed by atoms with van der Waals surface area (Å²) in [5.74, 6) is 0. The highest BCUT2D eigenvalue weighted by Gasteiger charge is 2.24. The van der Waals surface area contributed by atoms with Crippen LogP contribution in [-0.4, -0.2) is 95.0 Å². The van der Waals surface area contributed by atoms with Gasteiger partial charge in [-0.3, -0.25) is 0 Å². The van der Waals surface area contributed by atoms with Crippen molar-refractivity contribution in [1.82, 2.24) is 9.80 Å². The molecule has 35 heavy (non-hydrogen) atoms. The first-order valence-corrected chi connectivity index (χ1v) is 13.7. The van der Waals surface area contributed by atoms with Gasteiger partial charge in [-0.25, -0.2) is 8.42 Å². The van der Waals surface area contributed by atoms with Gasteiger partial charge in [-0.15, -0.1) is 0 Å². The summed E-state index contributed by atoms with van der Waals surface area (Å²) in [6, 6.07) is 10.00. The van der Waals surface area contributed by atoms with E-state index in [1.807, 2.05) is 0 Å². The molecule has 0 bridgehead atoms. The van der Waals surface area contributed by atoms with Gasteiger partial charge in [0.05, 0.1) is 42.9 Å². The van der Waals surface area contributed by atoms with E-state index in [0.717, 1.165) is 63.7 Å². The van der Waals surface area contributed by atoms with Crippen LogP contribution in [0.25, 0.3) is 0 Å². The number of likely N-dealkylation sites (N-methyl/N-ethyl adjacent to an activating group) is 2. The Balaban J connectivity index is 1.69. The maximum absolute atomic E-state index is 13.6. The first-order valence-electron chi connectivity index (χ1n) is 11.4. The van der Waals surface area contributed by atoms with Crippen LogP contribution in [0.5, 0.6) is 0 Å². The minimum Gasteiger partial charge on any atom is -0.367 e. The Morgan fingerprint density at radius 2 is 1.06 bits per heavy atom. The van der Waals surface area contributed by atoms with Gasteiger partial charge in [0.25, 0.3) is 0 Å². The fourth-order valence-electron chi connectivity index (χ4n) is 4.38. The van der Waals surface area contributed by atoms with Crippen LogP contribution in [0.4, 0.5) is 22.7 Å². The lowest BCUT2D eigenvalue weighted by Crippen LogP contribution is -2.44. The molecule has 0 saturated carbocycles. The van der Waals surface area contributed by atoms with Crippen LogP contribution in [0.3, 0.4) is 0 Å². The molecule has 184 valence electrons. The molecule has 0 spiro atoms. The van der Waals surface area contributed by atoms with Crippen LogP contribution in [0.1, 0.15) is 0 Å². The minimum atomic E-state index is -3.83. The average Bonchev–Trinajstić information content (AvgIpc) is 2.85. The molecule has 11 heteroatoms. The maximum Gasteiger partial charge on any atom is 0.206 e. The highest BCUT2D eigenvalue weighted by molar-refractivity contribution is 7.91. The van der Waals surface area contributed by atoms with Crippen molar-refractivity contribution in [3.63, 3.8) is 0 Å². The smallest absolute Gasteiger partial charge is 0.206 e. The maximum atomic E-state index is 13.6. The molecular formula is C24H28N6O2S3. The summed E-state index contributed by atoms with van der Waals surface area (Å²) < 4.78 is 27.2. The molecule has 2 aliphatic heterocycles. The zero-order valence-electron chi connectivity index (χ0n) is 19.8. The third kappa shape index (κ3) is 5.68. The molecule has 8 nitrogen and oxygen atoms in total. The topological polar surface area (TPSA) is 71.8 Å². The number of isothiocyanates is 2. The molecule has 0 radical (unpaired) electrons. The molecule has 2 aromatic rings. The van der Waals surface area contributed by atoms with Crippen LogP contribution < -0.4 is 9.80 Å². The molecule has 0 N–H and O–H groups in total. The molecule has 0 amide bonds. The van der Waals surface area contributed by atoms with E-state index in [1.54, 1.807) is 36.4 Å². The summed E-state index contributed by atoms with van der Waals surface area (Å²) in [5, 5.41) is 4.79. The Morgan fingerprint density at radius 1 is 0.686 bits per heavy atom. The van der Waals surface area contributed by atoms with Crippen molar-refractivity contribution in [2.75, 3.05) is 76.3 Å². The molecular weight excluding hydrogens is 501 g/mol. The molecule has 4 rings (SSSR count). The van der Waals surface area contributed by atoms with E-state index >= 15 is 0 Å². The van der Waals surface area contributed by atoms with E-state index in [0.29, 0.717) is 11.4 Å². The highest BCUT2D eigenvalue weighted by Crippen LogP contribution is 2.37. The first kappa shape index (κ1) is 25.6. The normalized spacial score (nSPS) is 17.5. The number of hydrogen-bond donors (Lipinski definition) is 0. The van der Waals surface area contributed by atoms with E-state index in [-0.39, 0.29) is 9.79 Å². The van der Waals surface area contributed by atoms with Gasteiger partial charge < -0.3 is 19.6 Å². The predicted molar refractivity (Wildman–Crippen MR) is 147 cm³/mol. The fraction of sp³-hybridized carbons (Fsp3) is 0.417. The second kappa shape index (κ2) is 11.1. The summed E-state index contributed by atoms with van der Waals surface area (Å²) in [6.07, 6.45) is 0. The number of sulfone groups is 1. The number of benzene rings is 2. The third-order valence-electron chi connectivity index (χ3n) is 6.53. The number of hydrogen-bond acceptors (Lipinski definition) is 10. The van der Waals surface area contributed by atoms with Gasteiger partial charge in [0, 0.05) is 52.4 Å². The number of rotatable bonds is 6. The second-order valence-corrected chi connectivity index (χ2v) is 11.1. The van der Waals surface area contributed by atoms with Crippen molar-refractivity contribution in [2.24, 2.45) is 9.98 Å². The van der Waals surface area contributed by atoms with E-state index in [1.165, 1.54) is 0 Å². The van der Waals surface area contributed by atoms with Crippen molar-refractivity contribution in [1.29, 1.82) is 0 Å². The Labute approximate surface area is 217 Å². The summed E-state index contributed by atoms with van der Waals surface area (Å²) in [6.45, 7) is 7.00.